The zero-order valence-corrected chi connectivity index (χ0v) is 25.1. The van der Waals surface area contributed by atoms with Crippen LogP contribution in [0.1, 0.15) is 74.5 Å². The van der Waals surface area contributed by atoms with E-state index in [0.29, 0.717) is 29.4 Å². The molecular weight excluding hydrogens is 563 g/mol. The predicted molar refractivity (Wildman–Crippen MR) is 150 cm³/mol. The maximum atomic E-state index is 14.2. The predicted octanol–water partition coefficient (Wildman–Crippen LogP) is 5.34. The van der Waals surface area contributed by atoms with E-state index in [0.717, 1.165) is 38.2 Å². The number of carbonyl (C=O) groups is 1. The smallest absolute Gasteiger partial charge is 0.344 e. The minimum Gasteiger partial charge on any atom is -0.344 e. The van der Waals surface area contributed by atoms with Crippen LogP contribution in [0.4, 0.5) is 13.2 Å². The topological polar surface area (TPSA) is 88.5 Å². The van der Waals surface area contributed by atoms with Crippen molar-refractivity contribution in [2.75, 3.05) is 24.6 Å². The van der Waals surface area contributed by atoms with Gasteiger partial charge in [-0.1, -0.05) is 25.3 Å². The van der Waals surface area contributed by atoms with Crippen LogP contribution >= 0.6 is 0 Å². The highest BCUT2D eigenvalue weighted by Gasteiger charge is 2.37. The summed E-state index contributed by atoms with van der Waals surface area (Å²) in [6, 6.07) is 5.42. The summed E-state index contributed by atoms with van der Waals surface area (Å²) in [6.07, 6.45) is 0.616. The fourth-order valence-electron chi connectivity index (χ4n) is 5.46. The van der Waals surface area contributed by atoms with Crippen LogP contribution in [-0.2, 0) is 33.5 Å². The van der Waals surface area contributed by atoms with Gasteiger partial charge in [-0.05, 0) is 70.2 Å². The molecule has 1 amide bonds. The van der Waals surface area contributed by atoms with Crippen molar-refractivity contribution in [3.63, 3.8) is 0 Å². The Morgan fingerprint density at radius 3 is 2.25 bits per heavy atom. The Morgan fingerprint density at radius 1 is 1.05 bits per heavy atom. The minimum absolute atomic E-state index is 0.0866. The highest BCUT2D eigenvalue weighted by atomic mass is 32.2. The third kappa shape index (κ3) is 7.17. The van der Waals surface area contributed by atoms with E-state index < -0.39 is 38.1 Å². The molecule has 7 nitrogen and oxygen atoms in total. The molecule has 1 aliphatic carbocycles. The van der Waals surface area contributed by atoms with E-state index in [-0.39, 0.29) is 41.0 Å². The van der Waals surface area contributed by atoms with Gasteiger partial charge in [0.15, 0.2) is 9.84 Å². The second-order valence-electron chi connectivity index (χ2n) is 11.9. The molecule has 1 atom stereocenters. The van der Waals surface area contributed by atoms with Crippen molar-refractivity contribution in [2.45, 2.75) is 83.0 Å². The van der Waals surface area contributed by atoms with Gasteiger partial charge in [0, 0.05) is 36.6 Å². The van der Waals surface area contributed by atoms with E-state index in [4.69, 9.17) is 0 Å². The van der Waals surface area contributed by atoms with E-state index in [1.165, 1.54) is 17.0 Å². The first-order valence-electron chi connectivity index (χ1n) is 13.7. The van der Waals surface area contributed by atoms with Crippen molar-refractivity contribution >= 4 is 26.7 Å². The van der Waals surface area contributed by atoms with Crippen LogP contribution in [-0.4, -0.2) is 58.1 Å². The minimum atomic E-state index is -4.74. The third-order valence-corrected chi connectivity index (χ3v) is 10.7. The number of aromatic nitrogens is 1. The van der Waals surface area contributed by atoms with Crippen LogP contribution in [0.15, 0.2) is 29.2 Å². The first kappa shape index (κ1) is 30.8. The number of benzene rings is 1. The number of hydrogen-bond donors (Lipinski definition) is 1. The number of halogens is 3. The molecule has 1 saturated heterocycles. The van der Waals surface area contributed by atoms with E-state index in [1.54, 1.807) is 33.8 Å². The summed E-state index contributed by atoms with van der Waals surface area (Å²) in [5.41, 5.74) is 0.125. The average Bonchev–Trinajstić information content (AvgIpc) is 3.18. The van der Waals surface area contributed by atoms with Gasteiger partial charge in [-0.3, -0.25) is 4.79 Å². The zero-order chi connectivity index (χ0) is 29.5. The summed E-state index contributed by atoms with van der Waals surface area (Å²) in [5, 5.41) is 0. The van der Waals surface area contributed by atoms with Crippen molar-refractivity contribution in [2.24, 2.45) is 5.92 Å². The van der Waals surface area contributed by atoms with Gasteiger partial charge in [0.2, 0.25) is 0 Å². The second-order valence-corrected chi connectivity index (χ2v) is 15.4. The number of hydrogen-bond acceptors (Lipinski definition) is 4. The molecule has 1 saturated carbocycles. The monoisotopic (exact) mass is 601 g/mol. The van der Waals surface area contributed by atoms with Crippen LogP contribution in [0.5, 0.6) is 0 Å². The Hall–Kier alpha value is -2.18. The fourth-order valence-corrected chi connectivity index (χ4v) is 7.89. The van der Waals surface area contributed by atoms with Gasteiger partial charge < -0.3 is 9.47 Å². The van der Waals surface area contributed by atoms with Crippen LogP contribution in [0.3, 0.4) is 0 Å². The van der Waals surface area contributed by atoms with Gasteiger partial charge in [0.1, 0.15) is 11.0 Å². The number of sulfone groups is 1. The van der Waals surface area contributed by atoms with E-state index >= 15 is 0 Å². The fraction of sp³-hybridized carbons (Fsp3) is 0.607. The highest BCUT2D eigenvalue weighted by molar-refractivity contribution is 7.91. The molecule has 2 aliphatic rings. The number of rotatable bonds is 6. The van der Waals surface area contributed by atoms with Gasteiger partial charge in [-0.2, -0.15) is 13.2 Å². The summed E-state index contributed by atoms with van der Waals surface area (Å²) in [7, 11) is -5.27. The quantitative estimate of drug-likeness (QED) is 0.484. The lowest BCUT2D eigenvalue weighted by atomic mass is 9.89. The molecule has 1 aromatic carbocycles. The summed E-state index contributed by atoms with van der Waals surface area (Å²) in [6.45, 7) is 7.72. The first-order valence-corrected chi connectivity index (χ1v) is 16.6. The molecule has 4 rings (SSSR count). The Morgan fingerprint density at radius 2 is 1.68 bits per heavy atom. The summed E-state index contributed by atoms with van der Waals surface area (Å²) in [4.78, 5) is 14.7. The van der Waals surface area contributed by atoms with Crippen molar-refractivity contribution < 1.29 is 30.6 Å². The maximum absolute atomic E-state index is 14.2. The molecule has 2 aromatic rings. The molecule has 0 radical (unpaired) electrons. The Bertz CT molecular complexity index is 1370. The highest BCUT2D eigenvalue weighted by Crippen LogP contribution is 2.38. The number of nitrogens with one attached hydrogen (secondary N) is 1. The van der Waals surface area contributed by atoms with Gasteiger partial charge in [-0.25, -0.2) is 17.3 Å². The zero-order valence-electron chi connectivity index (χ0n) is 23.4. The van der Waals surface area contributed by atoms with Gasteiger partial charge in [-0.15, -0.1) is 0 Å². The standard InChI is InChI=1S/C28H38F3N3O4S2/c1-19-22(26(35)33-12-14-40(37,38)15-13-33)17-24(34(19)18-20-8-6-5-7-9-20)21-10-11-25(23(16-21)28(29,30)31)39(36)32-27(2,3)4/h10-11,16-17,20,32H,5-9,12-15,18H2,1-4H3. The van der Waals surface area contributed by atoms with Crippen LogP contribution in [0.25, 0.3) is 11.3 Å². The molecule has 2 heterocycles. The molecule has 1 aromatic heterocycles. The van der Waals surface area contributed by atoms with Gasteiger partial charge >= 0.3 is 6.18 Å². The molecule has 40 heavy (non-hydrogen) atoms. The SMILES string of the molecule is Cc1c(C(=O)N2CCS(=O)(=O)CC2)cc(-c2ccc(S(=O)NC(C)(C)C)c(C(F)(F)F)c2)n1CC1CCCCC1. The van der Waals surface area contributed by atoms with E-state index in [9.17, 15) is 30.6 Å². The lowest BCUT2D eigenvalue weighted by Gasteiger charge is -2.27. The summed E-state index contributed by atoms with van der Waals surface area (Å²) in [5.74, 6) is -0.196. The van der Waals surface area contributed by atoms with Gasteiger partial charge in [0.05, 0.1) is 27.5 Å². The molecular formula is C28H38F3N3O4S2. The molecule has 0 spiro atoms. The van der Waals surface area contributed by atoms with E-state index in [1.807, 2.05) is 4.57 Å². The molecule has 2 fully saturated rings. The number of nitrogens with zero attached hydrogens (tertiary/aromatic N) is 2. The molecule has 222 valence electrons. The maximum Gasteiger partial charge on any atom is 0.417 e. The molecule has 1 aliphatic heterocycles. The third-order valence-electron chi connectivity index (χ3n) is 7.57. The average molecular weight is 602 g/mol. The number of carbonyl (C=O) groups excluding carboxylic acids is 1. The van der Waals surface area contributed by atoms with Crippen molar-refractivity contribution in [3.8, 4) is 11.3 Å². The Kier molecular flexibility index (Phi) is 8.92. The van der Waals surface area contributed by atoms with Crippen LogP contribution in [0, 0.1) is 12.8 Å². The number of amides is 1. The van der Waals surface area contributed by atoms with Crippen LogP contribution in [0.2, 0.25) is 0 Å². The van der Waals surface area contributed by atoms with E-state index in [2.05, 4.69) is 4.72 Å². The lowest BCUT2D eigenvalue weighted by molar-refractivity contribution is -0.139. The Labute approximate surface area is 237 Å². The van der Waals surface area contributed by atoms with Crippen LogP contribution < -0.4 is 4.72 Å². The van der Waals surface area contributed by atoms with Crippen molar-refractivity contribution in [1.82, 2.24) is 14.2 Å². The summed E-state index contributed by atoms with van der Waals surface area (Å²) < 4.78 is 84.1. The number of alkyl halides is 3. The molecule has 1 unspecified atom stereocenters. The summed E-state index contributed by atoms with van der Waals surface area (Å²) >= 11 is 0. The molecule has 0 bridgehead atoms. The lowest BCUT2D eigenvalue weighted by Crippen LogP contribution is -2.43. The molecule has 12 heteroatoms. The normalized spacial score (nSPS) is 19.5. The first-order chi connectivity index (χ1) is 18.6. The molecule has 1 N–H and O–H groups in total. The Balaban J connectivity index is 1.78. The van der Waals surface area contributed by atoms with Gasteiger partial charge in [0.25, 0.3) is 5.91 Å². The van der Waals surface area contributed by atoms with Crippen molar-refractivity contribution in [3.05, 3.63) is 41.1 Å². The van der Waals surface area contributed by atoms with Crippen molar-refractivity contribution in [1.29, 1.82) is 0 Å². The second kappa shape index (κ2) is 11.6. The largest absolute Gasteiger partial charge is 0.417 e.